The minimum atomic E-state index is -0.393. The first-order valence-corrected chi connectivity index (χ1v) is 5.77. The van der Waals surface area contributed by atoms with Crippen LogP contribution in [0, 0.1) is 0 Å². The predicted octanol–water partition coefficient (Wildman–Crippen LogP) is 0.454. The SMILES string of the molecule is CN1C(=O)[C@H](N)CCn2nc(C3CC3)cc21. The topological polar surface area (TPSA) is 64.2 Å². The zero-order valence-electron chi connectivity index (χ0n) is 9.39. The summed E-state index contributed by atoms with van der Waals surface area (Å²) >= 11 is 0. The average molecular weight is 220 g/mol. The molecule has 1 fully saturated rings. The summed E-state index contributed by atoms with van der Waals surface area (Å²) in [4.78, 5) is 13.5. The number of amides is 1. The third kappa shape index (κ3) is 1.43. The van der Waals surface area contributed by atoms with Crippen molar-refractivity contribution in [2.75, 3.05) is 11.9 Å². The summed E-state index contributed by atoms with van der Waals surface area (Å²) in [5.74, 6) is 1.50. The van der Waals surface area contributed by atoms with Gasteiger partial charge in [-0.2, -0.15) is 5.10 Å². The summed E-state index contributed by atoms with van der Waals surface area (Å²) in [5.41, 5.74) is 6.91. The number of nitrogens with zero attached hydrogens (tertiary/aromatic N) is 3. The van der Waals surface area contributed by atoms with Gasteiger partial charge < -0.3 is 5.73 Å². The van der Waals surface area contributed by atoms with Gasteiger partial charge in [-0.25, -0.2) is 4.68 Å². The Bertz CT molecular complexity index is 435. The van der Waals surface area contributed by atoms with Crippen LogP contribution in [-0.2, 0) is 11.3 Å². The van der Waals surface area contributed by atoms with E-state index in [4.69, 9.17) is 5.73 Å². The Morgan fingerprint density at radius 2 is 2.19 bits per heavy atom. The van der Waals surface area contributed by atoms with E-state index in [0.717, 1.165) is 18.1 Å². The highest BCUT2D eigenvalue weighted by molar-refractivity contribution is 5.96. The number of hydrogen-bond donors (Lipinski definition) is 1. The highest BCUT2D eigenvalue weighted by Crippen LogP contribution is 2.40. The van der Waals surface area contributed by atoms with Crippen LogP contribution in [0.1, 0.15) is 30.9 Å². The summed E-state index contributed by atoms with van der Waals surface area (Å²) < 4.78 is 1.92. The van der Waals surface area contributed by atoms with E-state index >= 15 is 0 Å². The minimum absolute atomic E-state index is 0.0130. The monoisotopic (exact) mass is 220 g/mol. The number of aromatic nitrogens is 2. The molecule has 0 saturated heterocycles. The quantitative estimate of drug-likeness (QED) is 0.747. The zero-order chi connectivity index (χ0) is 11.3. The maximum absolute atomic E-state index is 11.9. The van der Waals surface area contributed by atoms with E-state index in [1.807, 2.05) is 10.7 Å². The second kappa shape index (κ2) is 3.31. The summed E-state index contributed by atoms with van der Waals surface area (Å²) in [6, 6.07) is 1.64. The smallest absolute Gasteiger partial charge is 0.244 e. The Kier molecular flexibility index (Phi) is 2.04. The molecule has 0 bridgehead atoms. The molecule has 1 amide bonds. The van der Waals surface area contributed by atoms with Gasteiger partial charge in [0.25, 0.3) is 0 Å². The van der Waals surface area contributed by atoms with E-state index in [1.165, 1.54) is 12.8 Å². The van der Waals surface area contributed by atoms with Crippen molar-refractivity contribution in [3.63, 3.8) is 0 Å². The molecule has 0 unspecified atom stereocenters. The highest BCUT2D eigenvalue weighted by atomic mass is 16.2. The van der Waals surface area contributed by atoms with E-state index in [9.17, 15) is 4.79 Å². The van der Waals surface area contributed by atoms with Crippen LogP contribution in [-0.4, -0.2) is 28.8 Å². The van der Waals surface area contributed by atoms with Crippen LogP contribution in [0.2, 0.25) is 0 Å². The molecular formula is C11H16N4O. The lowest BCUT2D eigenvalue weighted by atomic mass is 10.2. The number of carbonyl (C=O) groups excluding carboxylic acids is 1. The van der Waals surface area contributed by atoms with Crippen LogP contribution in [0.5, 0.6) is 0 Å². The van der Waals surface area contributed by atoms with Gasteiger partial charge in [0.1, 0.15) is 5.82 Å². The van der Waals surface area contributed by atoms with Gasteiger partial charge in [-0.3, -0.25) is 9.69 Å². The molecule has 86 valence electrons. The van der Waals surface area contributed by atoms with E-state index < -0.39 is 6.04 Å². The van der Waals surface area contributed by atoms with Crippen molar-refractivity contribution < 1.29 is 4.79 Å². The number of carbonyl (C=O) groups is 1. The van der Waals surface area contributed by atoms with Gasteiger partial charge in [-0.1, -0.05) is 0 Å². The Labute approximate surface area is 94.2 Å². The van der Waals surface area contributed by atoms with Crippen LogP contribution >= 0.6 is 0 Å². The molecule has 1 aromatic rings. The molecule has 2 aliphatic rings. The van der Waals surface area contributed by atoms with Crippen LogP contribution in [0.25, 0.3) is 0 Å². The standard InChI is InChI=1S/C11H16N4O/c1-14-10-6-9(7-2-3-7)13-15(10)5-4-8(12)11(14)16/h6-8H,2-5,12H2,1H3/t8-/m1/s1. The Morgan fingerprint density at radius 3 is 2.88 bits per heavy atom. The van der Waals surface area contributed by atoms with Gasteiger partial charge in [-0.15, -0.1) is 0 Å². The first kappa shape index (κ1) is 9.84. The molecule has 1 aromatic heterocycles. The normalized spacial score (nSPS) is 25.5. The van der Waals surface area contributed by atoms with Crippen LogP contribution in [0.4, 0.5) is 5.82 Å². The molecule has 0 spiro atoms. The molecular weight excluding hydrogens is 204 g/mol. The van der Waals surface area contributed by atoms with Crippen molar-refractivity contribution in [1.29, 1.82) is 0 Å². The van der Waals surface area contributed by atoms with E-state index in [-0.39, 0.29) is 5.91 Å². The molecule has 2 heterocycles. The second-order valence-electron chi connectivity index (χ2n) is 4.72. The molecule has 1 atom stereocenters. The van der Waals surface area contributed by atoms with E-state index in [0.29, 0.717) is 12.3 Å². The lowest BCUT2D eigenvalue weighted by Gasteiger charge is -2.16. The summed E-state index contributed by atoms with van der Waals surface area (Å²) in [5, 5.41) is 4.56. The van der Waals surface area contributed by atoms with Gasteiger partial charge in [0.2, 0.25) is 5.91 Å². The Morgan fingerprint density at radius 1 is 1.44 bits per heavy atom. The largest absolute Gasteiger partial charge is 0.320 e. The van der Waals surface area contributed by atoms with Crippen LogP contribution in [0.15, 0.2) is 6.07 Å². The summed E-state index contributed by atoms with van der Waals surface area (Å²) in [6.45, 7) is 0.735. The number of likely N-dealkylation sites (N-methyl/N-ethyl adjacent to an activating group) is 1. The van der Waals surface area contributed by atoms with Crippen LogP contribution < -0.4 is 10.6 Å². The molecule has 3 rings (SSSR count). The van der Waals surface area contributed by atoms with Gasteiger partial charge in [0.15, 0.2) is 0 Å². The molecule has 0 aromatic carbocycles. The third-order valence-corrected chi connectivity index (χ3v) is 3.42. The van der Waals surface area contributed by atoms with Gasteiger partial charge in [0.05, 0.1) is 11.7 Å². The molecule has 1 aliphatic carbocycles. The first-order valence-electron chi connectivity index (χ1n) is 5.77. The maximum atomic E-state index is 11.9. The molecule has 5 nitrogen and oxygen atoms in total. The Hall–Kier alpha value is -1.36. The maximum Gasteiger partial charge on any atom is 0.244 e. The fraction of sp³-hybridized carbons (Fsp3) is 0.636. The first-order chi connectivity index (χ1) is 7.66. The number of fused-ring (bicyclic) bond motifs is 1. The Balaban J connectivity index is 1.98. The van der Waals surface area contributed by atoms with Crippen molar-refractivity contribution >= 4 is 11.7 Å². The van der Waals surface area contributed by atoms with Crippen molar-refractivity contribution in [3.05, 3.63) is 11.8 Å². The molecule has 16 heavy (non-hydrogen) atoms. The molecule has 1 aliphatic heterocycles. The van der Waals surface area contributed by atoms with Crippen molar-refractivity contribution in [2.45, 2.75) is 37.8 Å². The van der Waals surface area contributed by atoms with Gasteiger partial charge >= 0.3 is 0 Å². The van der Waals surface area contributed by atoms with Gasteiger partial charge in [-0.05, 0) is 19.3 Å². The summed E-state index contributed by atoms with van der Waals surface area (Å²) in [6.07, 6.45) is 3.13. The molecule has 1 saturated carbocycles. The van der Waals surface area contributed by atoms with Crippen molar-refractivity contribution in [2.24, 2.45) is 5.73 Å². The fourth-order valence-corrected chi connectivity index (χ4v) is 2.19. The summed E-state index contributed by atoms with van der Waals surface area (Å²) in [7, 11) is 1.78. The lowest BCUT2D eigenvalue weighted by molar-refractivity contribution is -0.119. The second-order valence-corrected chi connectivity index (χ2v) is 4.72. The molecule has 5 heteroatoms. The zero-order valence-corrected chi connectivity index (χ0v) is 9.39. The van der Waals surface area contributed by atoms with E-state index in [1.54, 1.807) is 11.9 Å². The number of rotatable bonds is 1. The third-order valence-electron chi connectivity index (χ3n) is 3.42. The fourth-order valence-electron chi connectivity index (χ4n) is 2.19. The number of hydrogen-bond acceptors (Lipinski definition) is 3. The highest BCUT2D eigenvalue weighted by Gasteiger charge is 2.31. The van der Waals surface area contributed by atoms with E-state index in [2.05, 4.69) is 5.10 Å². The lowest BCUT2D eigenvalue weighted by Crippen LogP contribution is -2.40. The minimum Gasteiger partial charge on any atom is -0.320 e. The average Bonchev–Trinajstić information content (AvgIpc) is 3.05. The number of anilines is 1. The van der Waals surface area contributed by atoms with Crippen molar-refractivity contribution in [1.82, 2.24) is 9.78 Å². The van der Waals surface area contributed by atoms with Crippen LogP contribution in [0.3, 0.4) is 0 Å². The van der Waals surface area contributed by atoms with Gasteiger partial charge in [0, 0.05) is 25.6 Å². The predicted molar refractivity (Wildman–Crippen MR) is 60.2 cm³/mol. The molecule has 2 N–H and O–H groups in total. The molecule has 0 radical (unpaired) electrons. The number of nitrogens with two attached hydrogens (primary N) is 1. The van der Waals surface area contributed by atoms with Crippen molar-refractivity contribution in [3.8, 4) is 0 Å². The number of aryl methyl sites for hydroxylation is 1.